The van der Waals surface area contributed by atoms with E-state index in [-0.39, 0.29) is 23.9 Å². The summed E-state index contributed by atoms with van der Waals surface area (Å²) in [5.41, 5.74) is 2.54. The van der Waals surface area contributed by atoms with E-state index in [1.807, 2.05) is 6.07 Å². The molecule has 0 aliphatic heterocycles. The molecule has 1 aromatic heterocycles. The molecule has 2 aromatic carbocycles. The Balaban J connectivity index is 1.80. The van der Waals surface area contributed by atoms with Crippen LogP contribution in [0.2, 0.25) is 0 Å². The Kier molecular flexibility index (Phi) is 4.79. The van der Waals surface area contributed by atoms with Crippen molar-refractivity contribution in [2.24, 2.45) is 0 Å². The molecule has 7 nitrogen and oxygen atoms in total. The first-order valence-electron chi connectivity index (χ1n) is 8.08. The third-order valence-corrected chi connectivity index (χ3v) is 3.81. The quantitative estimate of drug-likeness (QED) is 0.755. The van der Waals surface area contributed by atoms with Crippen LogP contribution in [0.15, 0.2) is 53.3 Å². The molecule has 0 unspecified atom stereocenters. The van der Waals surface area contributed by atoms with E-state index in [1.165, 1.54) is 11.5 Å². The van der Waals surface area contributed by atoms with Crippen molar-refractivity contribution >= 4 is 34.2 Å². The Morgan fingerprint density at radius 2 is 1.62 bits per heavy atom. The van der Waals surface area contributed by atoms with Gasteiger partial charge in [0, 0.05) is 18.3 Å². The highest BCUT2D eigenvalue weighted by atomic mass is 16.2. The number of nitrogens with one attached hydrogen (secondary N) is 2. The van der Waals surface area contributed by atoms with Gasteiger partial charge in [0.15, 0.2) is 0 Å². The van der Waals surface area contributed by atoms with Crippen molar-refractivity contribution in [3.63, 3.8) is 0 Å². The summed E-state index contributed by atoms with van der Waals surface area (Å²) in [6, 6.07) is 13.9. The summed E-state index contributed by atoms with van der Waals surface area (Å²) in [6.45, 7) is 2.94. The zero-order valence-electron chi connectivity index (χ0n) is 14.4. The van der Waals surface area contributed by atoms with E-state index < -0.39 is 0 Å². The Hall–Kier alpha value is -3.48. The van der Waals surface area contributed by atoms with Gasteiger partial charge in [0.05, 0.1) is 11.0 Å². The summed E-state index contributed by atoms with van der Waals surface area (Å²) in [5.74, 6) is -0.490. The van der Waals surface area contributed by atoms with E-state index in [2.05, 4.69) is 15.6 Å². The lowest BCUT2D eigenvalue weighted by Crippen LogP contribution is -2.30. The average Bonchev–Trinajstić information content (AvgIpc) is 2.60. The third kappa shape index (κ3) is 3.77. The molecule has 0 spiro atoms. The van der Waals surface area contributed by atoms with Crippen molar-refractivity contribution in [3.05, 3.63) is 64.6 Å². The first-order chi connectivity index (χ1) is 12.4. The number of aromatic nitrogens is 2. The lowest BCUT2D eigenvalue weighted by Gasteiger charge is -2.11. The summed E-state index contributed by atoms with van der Waals surface area (Å²) in [7, 11) is 0. The van der Waals surface area contributed by atoms with Crippen LogP contribution in [0.4, 0.5) is 11.4 Å². The second-order valence-electron chi connectivity index (χ2n) is 5.88. The van der Waals surface area contributed by atoms with Crippen LogP contribution in [0.25, 0.3) is 11.0 Å². The molecule has 0 fully saturated rings. The molecule has 0 atom stereocenters. The van der Waals surface area contributed by atoms with Crippen LogP contribution in [-0.2, 0) is 16.1 Å². The van der Waals surface area contributed by atoms with Crippen LogP contribution in [0.1, 0.15) is 12.6 Å². The number of hydrogen-bond acceptors (Lipinski definition) is 4. The molecule has 0 radical (unpaired) electrons. The highest BCUT2D eigenvalue weighted by molar-refractivity contribution is 5.92. The highest BCUT2D eigenvalue weighted by Gasteiger charge is 2.11. The standard InChI is InChI=1S/C19H18N4O3/c1-12-19(26)23(17-6-4-3-5-16(17)20-12)11-18(25)22-15-9-7-14(8-10-15)21-13(2)24/h3-10H,11H2,1-2H3,(H,21,24)(H,22,25). The lowest BCUT2D eigenvalue weighted by molar-refractivity contribution is -0.117. The number of benzene rings is 2. The molecular weight excluding hydrogens is 332 g/mol. The first kappa shape index (κ1) is 17.3. The summed E-state index contributed by atoms with van der Waals surface area (Å²) in [4.78, 5) is 40.1. The van der Waals surface area contributed by atoms with Gasteiger partial charge in [0.2, 0.25) is 11.8 Å². The molecule has 1 heterocycles. The van der Waals surface area contributed by atoms with Gasteiger partial charge in [-0.25, -0.2) is 4.98 Å². The lowest BCUT2D eigenvalue weighted by atomic mass is 10.2. The van der Waals surface area contributed by atoms with E-state index in [9.17, 15) is 14.4 Å². The Labute approximate surface area is 149 Å². The second-order valence-corrected chi connectivity index (χ2v) is 5.88. The second kappa shape index (κ2) is 7.18. The SMILES string of the molecule is CC(=O)Nc1ccc(NC(=O)Cn2c(=O)c(C)nc3ccccc32)cc1. The summed E-state index contributed by atoms with van der Waals surface area (Å²) < 4.78 is 1.42. The zero-order valence-corrected chi connectivity index (χ0v) is 14.4. The Bertz CT molecular complexity index is 1040. The van der Waals surface area contributed by atoms with Crippen molar-refractivity contribution in [3.8, 4) is 0 Å². The normalized spacial score (nSPS) is 10.5. The van der Waals surface area contributed by atoms with E-state index >= 15 is 0 Å². The average molecular weight is 350 g/mol. The maximum Gasteiger partial charge on any atom is 0.272 e. The highest BCUT2D eigenvalue weighted by Crippen LogP contribution is 2.14. The molecule has 26 heavy (non-hydrogen) atoms. The van der Waals surface area contributed by atoms with E-state index in [0.29, 0.717) is 28.1 Å². The van der Waals surface area contributed by atoms with E-state index in [4.69, 9.17) is 0 Å². The van der Waals surface area contributed by atoms with Gasteiger partial charge >= 0.3 is 0 Å². The molecule has 2 N–H and O–H groups in total. The van der Waals surface area contributed by atoms with Crippen LogP contribution in [0, 0.1) is 6.92 Å². The van der Waals surface area contributed by atoms with Gasteiger partial charge in [0.1, 0.15) is 12.2 Å². The predicted octanol–water partition coefficient (Wildman–Crippen LogP) is 2.30. The fourth-order valence-electron chi connectivity index (χ4n) is 2.66. The molecule has 132 valence electrons. The predicted molar refractivity (Wildman–Crippen MR) is 100 cm³/mol. The van der Waals surface area contributed by atoms with Gasteiger partial charge in [-0.1, -0.05) is 12.1 Å². The monoisotopic (exact) mass is 350 g/mol. The summed E-state index contributed by atoms with van der Waals surface area (Å²) >= 11 is 0. The minimum Gasteiger partial charge on any atom is -0.326 e. The van der Waals surface area contributed by atoms with Gasteiger partial charge in [-0.2, -0.15) is 0 Å². The van der Waals surface area contributed by atoms with Crippen LogP contribution in [-0.4, -0.2) is 21.4 Å². The Morgan fingerprint density at radius 3 is 2.27 bits per heavy atom. The van der Waals surface area contributed by atoms with Crippen molar-refractivity contribution in [1.29, 1.82) is 0 Å². The number of anilines is 2. The Morgan fingerprint density at radius 1 is 1.00 bits per heavy atom. The van der Waals surface area contributed by atoms with Crippen molar-refractivity contribution in [2.75, 3.05) is 10.6 Å². The van der Waals surface area contributed by atoms with Gasteiger partial charge < -0.3 is 10.6 Å². The number of amides is 2. The van der Waals surface area contributed by atoms with Gasteiger partial charge in [0.25, 0.3) is 5.56 Å². The van der Waals surface area contributed by atoms with Crippen molar-refractivity contribution < 1.29 is 9.59 Å². The minimum absolute atomic E-state index is 0.115. The van der Waals surface area contributed by atoms with E-state index in [0.717, 1.165) is 0 Å². The van der Waals surface area contributed by atoms with Crippen molar-refractivity contribution in [2.45, 2.75) is 20.4 Å². The molecule has 7 heteroatoms. The number of nitrogens with zero attached hydrogens (tertiary/aromatic N) is 2. The molecule has 3 rings (SSSR count). The van der Waals surface area contributed by atoms with Crippen LogP contribution in [0.5, 0.6) is 0 Å². The van der Waals surface area contributed by atoms with Crippen LogP contribution >= 0.6 is 0 Å². The van der Waals surface area contributed by atoms with Crippen molar-refractivity contribution in [1.82, 2.24) is 9.55 Å². The number of fused-ring (bicyclic) bond motifs is 1. The zero-order chi connectivity index (χ0) is 18.7. The smallest absolute Gasteiger partial charge is 0.272 e. The summed E-state index contributed by atoms with van der Waals surface area (Å²) in [6.07, 6.45) is 0. The van der Waals surface area contributed by atoms with Gasteiger partial charge in [-0.05, 0) is 43.3 Å². The molecule has 2 amide bonds. The number of hydrogen-bond donors (Lipinski definition) is 2. The number of para-hydroxylation sites is 2. The number of aryl methyl sites for hydroxylation is 1. The molecule has 0 saturated heterocycles. The molecule has 0 bridgehead atoms. The topological polar surface area (TPSA) is 93.1 Å². The number of carbonyl (C=O) groups is 2. The number of rotatable bonds is 4. The third-order valence-electron chi connectivity index (χ3n) is 3.81. The molecule has 0 aliphatic carbocycles. The van der Waals surface area contributed by atoms with Crippen LogP contribution in [0.3, 0.4) is 0 Å². The molecule has 3 aromatic rings. The summed E-state index contributed by atoms with van der Waals surface area (Å²) in [5, 5.41) is 5.41. The molecule has 0 saturated carbocycles. The van der Waals surface area contributed by atoms with E-state index in [1.54, 1.807) is 49.4 Å². The fraction of sp³-hybridized carbons (Fsp3) is 0.158. The first-order valence-corrected chi connectivity index (χ1v) is 8.08. The van der Waals surface area contributed by atoms with Gasteiger partial charge in [-0.15, -0.1) is 0 Å². The molecule has 0 aliphatic rings. The fourth-order valence-corrected chi connectivity index (χ4v) is 2.66. The largest absolute Gasteiger partial charge is 0.326 e. The van der Waals surface area contributed by atoms with Crippen LogP contribution < -0.4 is 16.2 Å². The maximum atomic E-state index is 12.4. The number of carbonyl (C=O) groups excluding carboxylic acids is 2. The minimum atomic E-state index is -0.324. The maximum absolute atomic E-state index is 12.4. The molecular formula is C19H18N4O3. The van der Waals surface area contributed by atoms with Gasteiger partial charge in [-0.3, -0.25) is 19.0 Å².